The quantitative estimate of drug-likeness (QED) is 0.835. The highest BCUT2D eigenvalue weighted by atomic mass is 32.2. The molecule has 1 saturated heterocycles. The Balaban J connectivity index is 1.97. The summed E-state index contributed by atoms with van der Waals surface area (Å²) in [6.45, 7) is 0.106. The monoisotopic (exact) mass is 397 g/mol. The van der Waals surface area contributed by atoms with Gasteiger partial charge in [-0.05, 0) is 36.4 Å². The van der Waals surface area contributed by atoms with Gasteiger partial charge in [0.1, 0.15) is 28.3 Å². The molecule has 2 aromatic carbocycles. The topological polar surface area (TPSA) is 83.9 Å². The van der Waals surface area contributed by atoms with Gasteiger partial charge >= 0.3 is 5.97 Å². The second-order valence-corrected chi connectivity index (χ2v) is 8.56. The second kappa shape index (κ2) is 7.65. The van der Waals surface area contributed by atoms with E-state index in [0.29, 0.717) is 5.75 Å². The molecule has 0 aliphatic carbocycles. The maximum Gasteiger partial charge on any atom is 0.322 e. The van der Waals surface area contributed by atoms with Crippen LogP contribution in [-0.2, 0) is 14.8 Å². The van der Waals surface area contributed by atoms with E-state index in [1.54, 1.807) is 12.1 Å². The first kappa shape index (κ1) is 18.7. The van der Waals surface area contributed by atoms with E-state index in [9.17, 15) is 22.7 Å². The van der Waals surface area contributed by atoms with E-state index in [0.717, 1.165) is 4.31 Å². The molecule has 0 radical (unpaired) electrons. The van der Waals surface area contributed by atoms with Gasteiger partial charge in [0.2, 0.25) is 10.0 Å². The second-order valence-electron chi connectivity index (χ2n) is 5.55. The Labute approximate surface area is 154 Å². The zero-order chi connectivity index (χ0) is 18.7. The number of carboxylic acids is 1. The van der Waals surface area contributed by atoms with E-state index in [4.69, 9.17) is 4.74 Å². The molecule has 1 N–H and O–H groups in total. The number of carbonyl (C=O) groups is 1. The van der Waals surface area contributed by atoms with Crippen LogP contribution >= 0.6 is 11.8 Å². The van der Waals surface area contributed by atoms with Crippen LogP contribution in [0.15, 0.2) is 53.4 Å². The SMILES string of the molecule is O=C(O)C1CSCCN1S(=O)(=O)c1ccccc1Oc1ccc(F)cc1. The molecule has 0 saturated carbocycles. The van der Waals surface area contributed by atoms with Gasteiger partial charge in [-0.1, -0.05) is 12.1 Å². The number of halogens is 1. The zero-order valence-corrected chi connectivity index (χ0v) is 15.2. The lowest BCUT2D eigenvalue weighted by Gasteiger charge is -2.31. The number of aliphatic carboxylic acids is 1. The van der Waals surface area contributed by atoms with Gasteiger partial charge in [-0.2, -0.15) is 16.1 Å². The fraction of sp³-hybridized carbons (Fsp3) is 0.235. The average Bonchev–Trinajstić information content (AvgIpc) is 2.64. The van der Waals surface area contributed by atoms with Crippen LogP contribution in [0.5, 0.6) is 11.5 Å². The number of carboxylic acid groups (broad SMARTS) is 1. The zero-order valence-electron chi connectivity index (χ0n) is 13.5. The first-order valence-electron chi connectivity index (χ1n) is 7.74. The third-order valence-corrected chi connectivity index (χ3v) is 6.81. The molecule has 0 bridgehead atoms. The fourth-order valence-corrected chi connectivity index (χ4v) is 5.52. The van der Waals surface area contributed by atoms with Crippen molar-refractivity contribution in [3.63, 3.8) is 0 Å². The van der Waals surface area contributed by atoms with Crippen molar-refractivity contribution in [1.29, 1.82) is 0 Å². The van der Waals surface area contributed by atoms with Crippen molar-refractivity contribution in [2.45, 2.75) is 10.9 Å². The van der Waals surface area contributed by atoms with Crippen LogP contribution in [0.1, 0.15) is 0 Å². The summed E-state index contributed by atoms with van der Waals surface area (Å²) in [4.78, 5) is 11.3. The summed E-state index contributed by atoms with van der Waals surface area (Å²) in [7, 11) is -4.08. The Bertz CT molecular complexity index is 902. The molecule has 1 aliphatic rings. The summed E-state index contributed by atoms with van der Waals surface area (Å²) < 4.78 is 45.8. The first-order chi connectivity index (χ1) is 12.4. The van der Waals surface area contributed by atoms with E-state index in [2.05, 4.69) is 0 Å². The van der Waals surface area contributed by atoms with Gasteiger partial charge < -0.3 is 9.84 Å². The Kier molecular flexibility index (Phi) is 5.49. The number of benzene rings is 2. The molecule has 6 nitrogen and oxygen atoms in total. The van der Waals surface area contributed by atoms with E-state index < -0.39 is 27.9 Å². The molecular formula is C17H16FNO5S2. The maximum absolute atomic E-state index is 13.1. The molecule has 138 valence electrons. The van der Waals surface area contributed by atoms with Gasteiger partial charge in [-0.15, -0.1) is 0 Å². The Morgan fingerprint density at radius 2 is 1.88 bits per heavy atom. The molecule has 1 atom stereocenters. The van der Waals surface area contributed by atoms with Crippen LogP contribution in [0.3, 0.4) is 0 Å². The Hall–Kier alpha value is -2.10. The molecule has 3 rings (SSSR count). The lowest BCUT2D eigenvalue weighted by atomic mass is 10.3. The van der Waals surface area contributed by atoms with Crippen molar-refractivity contribution < 1.29 is 27.4 Å². The van der Waals surface area contributed by atoms with Crippen LogP contribution in [0.25, 0.3) is 0 Å². The number of ether oxygens (including phenoxy) is 1. The molecular weight excluding hydrogens is 381 g/mol. The molecule has 9 heteroatoms. The average molecular weight is 397 g/mol. The highest BCUT2D eigenvalue weighted by Crippen LogP contribution is 2.33. The highest BCUT2D eigenvalue weighted by molar-refractivity contribution is 7.99. The van der Waals surface area contributed by atoms with Crippen LogP contribution in [0.2, 0.25) is 0 Å². The number of para-hydroxylation sites is 1. The van der Waals surface area contributed by atoms with Crippen molar-refractivity contribution in [3.8, 4) is 11.5 Å². The first-order valence-corrected chi connectivity index (χ1v) is 10.3. The van der Waals surface area contributed by atoms with Crippen LogP contribution < -0.4 is 4.74 Å². The summed E-state index contributed by atoms with van der Waals surface area (Å²) >= 11 is 1.40. The third-order valence-electron chi connectivity index (χ3n) is 3.84. The van der Waals surface area contributed by atoms with Gasteiger partial charge in [-0.3, -0.25) is 4.79 Å². The lowest BCUT2D eigenvalue weighted by molar-refractivity contribution is -0.140. The molecule has 1 fully saturated rings. The largest absolute Gasteiger partial charge is 0.480 e. The van der Waals surface area contributed by atoms with Gasteiger partial charge in [0.15, 0.2) is 0 Å². The minimum absolute atomic E-state index is 0.0569. The van der Waals surface area contributed by atoms with Gasteiger partial charge in [-0.25, -0.2) is 12.8 Å². The van der Waals surface area contributed by atoms with Crippen LogP contribution in [0.4, 0.5) is 4.39 Å². The fourth-order valence-electron chi connectivity index (χ4n) is 2.57. The number of sulfonamides is 1. The van der Waals surface area contributed by atoms with Crippen molar-refractivity contribution in [3.05, 3.63) is 54.3 Å². The Morgan fingerprint density at radius 1 is 1.19 bits per heavy atom. The molecule has 1 aliphatic heterocycles. The number of rotatable bonds is 5. The summed E-state index contributed by atoms with van der Waals surface area (Å²) in [5.41, 5.74) is 0. The third kappa shape index (κ3) is 3.84. The minimum Gasteiger partial charge on any atom is -0.480 e. The molecule has 0 aromatic heterocycles. The number of hydrogen-bond acceptors (Lipinski definition) is 5. The summed E-state index contributed by atoms with van der Waals surface area (Å²) in [6.07, 6.45) is 0. The minimum atomic E-state index is -4.08. The summed E-state index contributed by atoms with van der Waals surface area (Å²) in [6, 6.07) is 10.0. The van der Waals surface area contributed by atoms with E-state index in [1.807, 2.05) is 0 Å². The number of thioether (sulfide) groups is 1. The normalized spacial score (nSPS) is 18.4. The maximum atomic E-state index is 13.1. The molecule has 26 heavy (non-hydrogen) atoms. The molecule has 0 amide bonds. The Morgan fingerprint density at radius 3 is 2.58 bits per heavy atom. The molecule has 1 heterocycles. The predicted octanol–water partition coefficient (Wildman–Crippen LogP) is 2.81. The van der Waals surface area contributed by atoms with Crippen LogP contribution in [-0.4, -0.2) is 47.9 Å². The van der Waals surface area contributed by atoms with Crippen LogP contribution in [0, 0.1) is 5.82 Å². The molecule has 1 unspecified atom stereocenters. The van der Waals surface area contributed by atoms with Gasteiger partial charge in [0, 0.05) is 18.1 Å². The van der Waals surface area contributed by atoms with E-state index in [1.165, 1.54) is 48.2 Å². The lowest BCUT2D eigenvalue weighted by Crippen LogP contribution is -2.50. The van der Waals surface area contributed by atoms with Crippen molar-refractivity contribution in [1.82, 2.24) is 4.31 Å². The predicted molar refractivity (Wildman–Crippen MR) is 95.6 cm³/mol. The van der Waals surface area contributed by atoms with Crippen molar-refractivity contribution in [2.75, 3.05) is 18.1 Å². The summed E-state index contributed by atoms with van der Waals surface area (Å²) in [5, 5.41) is 9.36. The standard InChI is InChI=1S/C17H16FNO5S2/c18-12-5-7-13(8-6-12)24-15-3-1-2-4-16(15)26(22,23)19-9-10-25-11-14(19)17(20)21/h1-8,14H,9-11H2,(H,20,21). The van der Waals surface area contributed by atoms with Gasteiger partial charge in [0.05, 0.1) is 0 Å². The number of hydrogen-bond donors (Lipinski definition) is 1. The highest BCUT2D eigenvalue weighted by Gasteiger charge is 2.39. The van der Waals surface area contributed by atoms with E-state index >= 15 is 0 Å². The smallest absolute Gasteiger partial charge is 0.322 e. The van der Waals surface area contributed by atoms with Crippen molar-refractivity contribution in [2.24, 2.45) is 0 Å². The van der Waals surface area contributed by atoms with Gasteiger partial charge in [0.25, 0.3) is 0 Å². The molecule has 2 aromatic rings. The van der Waals surface area contributed by atoms with Crippen molar-refractivity contribution >= 4 is 27.8 Å². The van der Waals surface area contributed by atoms with E-state index in [-0.39, 0.29) is 28.7 Å². The molecule has 0 spiro atoms. The number of nitrogens with zero attached hydrogens (tertiary/aromatic N) is 1. The summed E-state index contributed by atoms with van der Waals surface area (Å²) in [5.74, 6) is -0.579.